The summed E-state index contributed by atoms with van der Waals surface area (Å²) in [7, 11) is 1.47. The summed E-state index contributed by atoms with van der Waals surface area (Å²) in [5.41, 5.74) is 4.49. The molecule has 0 aliphatic carbocycles. The number of carbonyl (C=O) groups is 2. The molecule has 0 spiro atoms. The third-order valence-electron chi connectivity index (χ3n) is 5.86. The van der Waals surface area contributed by atoms with Gasteiger partial charge in [0.1, 0.15) is 17.2 Å². The van der Waals surface area contributed by atoms with Crippen LogP contribution in [0.5, 0.6) is 17.2 Å². The highest BCUT2D eigenvalue weighted by molar-refractivity contribution is 7.21. The molecule has 1 heterocycles. The number of para-hydroxylation sites is 1. The number of nitrogens with zero attached hydrogens (tertiary/aromatic N) is 1. The van der Waals surface area contributed by atoms with Crippen LogP contribution in [0.15, 0.2) is 102 Å². The molecule has 0 aliphatic rings. The number of hydrogen-bond donors (Lipinski definition) is 1. The summed E-state index contributed by atoms with van der Waals surface area (Å²) in [6.45, 7) is 0.334. The smallest absolute Gasteiger partial charge is 0.355 e. The fraction of sp³-hybridized carbons (Fsp3) is 0.0645. The third kappa shape index (κ3) is 6.14. The Hall–Kier alpha value is -4.66. The Bertz CT molecular complexity index is 1700. The van der Waals surface area contributed by atoms with Gasteiger partial charge in [0.25, 0.3) is 5.91 Å². The SMILES string of the molecule is COc1cc(C=NNC(=O)c2ccccc2OCc2ccccc2)ccc1OC(=O)c1sc2ccccc2c1Cl. The summed E-state index contributed by atoms with van der Waals surface area (Å²) in [6, 6.07) is 29.1. The predicted molar refractivity (Wildman–Crippen MR) is 157 cm³/mol. The Balaban J connectivity index is 1.24. The molecule has 0 atom stereocenters. The number of esters is 1. The molecule has 4 aromatic carbocycles. The van der Waals surface area contributed by atoms with Crippen molar-refractivity contribution in [2.24, 2.45) is 5.10 Å². The van der Waals surface area contributed by atoms with Gasteiger partial charge in [-0.1, -0.05) is 72.3 Å². The summed E-state index contributed by atoms with van der Waals surface area (Å²) >= 11 is 7.68. The molecule has 1 aromatic heterocycles. The van der Waals surface area contributed by atoms with Gasteiger partial charge in [0.15, 0.2) is 11.5 Å². The highest BCUT2D eigenvalue weighted by Gasteiger charge is 2.20. The van der Waals surface area contributed by atoms with Crippen LogP contribution in [-0.2, 0) is 6.61 Å². The van der Waals surface area contributed by atoms with Crippen LogP contribution in [0.3, 0.4) is 0 Å². The zero-order chi connectivity index (χ0) is 27.9. The Morgan fingerprint density at radius 2 is 1.65 bits per heavy atom. The Labute approximate surface area is 239 Å². The van der Waals surface area contributed by atoms with Crippen molar-refractivity contribution in [3.8, 4) is 17.2 Å². The lowest BCUT2D eigenvalue weighted by atomic mass is 10.2. The molecule has 0 saturated heterocycles. The van der Waals surface area contributed by atoms with E-state index in [0.29, 0.717) is 39.1 Å². The number of carbonyl (C=O) groups excluding carboxylic acids is 2. The average molecular weight is 571 g/mol. The van der Waals surface area contributed by atoms with Crippen LogP contribution in [0.2, 0.25) is 5.02 Å². The van der Waals surface area contributed by atoms with E-state index in [-0.39, 0.29) is 5.75 Å². The topological polar surface area (TPSA) is 86.2 Å². The van der Waals surface area contributed by atoms with Gasteiger partial charge in [-0.2, -0.15) is 5.10 Å². The van der Waals surface area contributed by atoms with Gasteiger partial charge in [-0.05, 0) is 47.5 Å². The fourth-order valence-corrected chi connectivity index (χ4v) is 5.27. The number of amides is 1. The van der Waals surface area contributed by atoms with E-state index in [4.69, 9.17) is 25.8 Å². The first kappa shape index (κ1) is 26.9. The average Bonchev–Trinajstić information content (AvgIpc) is 3.33. The molecule has 9 heteroatoms. The molecule has 0 bridgehead atoms. The standard InChI is InChI=1S/C31H23ClN2O5S/c1-37-26-17-21(15-16-25(26)39-31(36)29-28(32)23-12-6-8-14-27(23)40-29)18-33-34-30(35)22-11-5-7-13-24(22)38-19-20-9-3-2-4-10-20/h2-18H,19H2,1H3,(H,34,35). The second-order valence-corrected chi connectivity index (χ2v) is 9.94. The maximum atomic E-state index is 12.9. The highest BCUT2D eigenvalue weighted by Crippen LogP contribution is 2.37. The first-order valence-corrected chi connectivity index (χ1v) is 13.4. The molecular weight excluding hydrogens is 548 g/mol. The third-order valence-corrected chi connectivity index (χ3v) is 7.51. The summed E-state index contributed by atoms with van der Waals surface area (Å²) in [5.74, 6) is 0.00168. The van der Waals surface area contributed by atoms with Crippen LogP contribution in [0.25, 0.3) is 10.1 Å². The van der Waals surface area contributed by atoms with Crippen LogP contribution in [0, 0.1) is 0 Å². The van der Waals surface area contributed by atoms with Crippen LogP contribution < -0.4 is 19.6 Å². The first-order chi connectivity index (χ1) is 19.5. The van der Waals surface area contributed by atoms with Crippen LogP contribution in [-0.4, -0.2) is 25.2 Å². The van der Waals surface area contributed by atoms with E-state index >= 15 is 0 Å². The minimum absolute atomic E-state index is 0.228. The molecule has 0 aliphatic heterocycles. The molecule has 1 N–H and O–H groups in total. The van der Waals surface area contributed by atoms with Crippen LogP contribution in [0.4, 0.5) is 0 Å². The van der Waals surface area contributed by atoms with Gasteiger partial charge in [0, 0.05) is 10.1 Å². The lowest BCUT2D eigenvalue weighted by Gasteiger charge is -2.11. The number of thiophene rings is 1. The van der Waals surface area contributed by atoms with Gasteiger partial charge in [-0.3, -0.25) is 4.79 Å². The van der Waals surface area contributed by atoms with E-state index in [1.54, 1.807) is 42.5 Å². The molecule has 0 fully saturated rings. The molecule has 0 saturated carbocycles. The van der Waals surface area contributed by atoms with Crippen molar-refractivity contribution >= 4 is 51.1 Å². The molecule has 5 rings (SSSR count). The quantitative estimate of drug-likeness (QED) is 0.0882. The number of fused-ring (bicyclic) bond motifs is 1. The molecule has 0 unspecified atom stereocenters. The largest absolute Gasteiger partial charge is 0.493 e. The van der Waals surface area contributed by atoms with Crippen molar-refractivity contribution in [3.63, 3.8) is 0 Å². The Morgan fingerprint density at radius 3 is 2.45 bits per heavy atom. The summed E-state index contributed by atoms with van der Waals surface area (Å²) in [4.78, 5) is 26.0. The molecule has 0 radical (unpaired) electrons. The van der Waals surface area contributed by atoms with Crippen molar-refractivity contribution in [1.82, 2.24) is 5.43 Å². The summed E-state index contributed by atoms with van der Waals surface area (Å²) < 4.78 is 17.8. The highest BCUT2D eigenvalue weighted by atomic mass is 35.5. The number of ether oxygens (including phenoxy) is 3. The first-order valence-electron chi connectivity index (χ1n) is 12.2. The van der Waals surface area contributed by atoms with Gasteiger partial charge in [0.2, 0.25) is 0 Å². The summed E-state index contributed by atoms with van der Waals surface area (Å²) in [5, 5.41) is 5.22. The van der Waals surface area contributed by atoms with Gasteiger partial charge < -0.3 is 14.2 Å². The van der Waals surface area contributed by atoms with E-state index in [2.05, 4.69) is 10.5 Å². The van der Waals surface area contributed by atoms with E-state index in [1.165, 1.54) is 24.7 Å². The predicted octanol–water partition coefficient (Wildman–Crippen LogP) is 7.13. The van der Waals surface area contributed by atoms with Crippen LogP contribution in [0.1, 0.15) is 31.2 Å². The van der Waals surface area contributed by atoms with Crippen molar-refractivity contribution < 1.29 is 23.8 Å². The lowest BCUT2D eigenvalue weighted by Crippen LogP contribution is -2.18. The molecular formula is C31H23ClN2O5S. The Kier molecular flexibility index (Phi) is 8.39. The minimum atomic E-state index is -0.577. The van der Waals surface area contributed by atoms with Crippen molar-refractivity contribution in [2.45, 2.75) is 6.61 Å². The van der Waals surface area contributed by atoms with Crippen LogP contribution >= 0.6 is 22.9 Å². The molecule has 200 valence electrons. The minimum Gasteiger partial charge on any atom is -0.493 e. The lowest BCUT2D eigenvalue weighted by molar-refractivity contribution is 0.0734. The number of benzene rings is 4. The van der Waals surface area contributed by atoms with Crippen molar-refractivity contribution in [2.75, 3.05) is 7.11 Å². The number of halogens is 1. The van der Waals surface area contributed by atoms with Gasteiger partial charge >= 0.3 is 5.97 Å². The van der Waals surface area contributed by atoms with Gasteiger partial charge in [-0.15, -0.1) is 11.3 Å². The zero-order valence-corrected chi connectivity index (χ0v) is 22.9. The molecule has 1 amide bonds. The van der Waals surface area contributed by atoms with Gasteiger partial charge in [-0.25, -0.2) is 10.2 Å². The Morgan fingerprint density at radius 1 is 0.900 bits per heavy atom. The normalized spacial score (nSPS) is 10.9. The number of hydrazone groups is 1. The maximum absolute atomic E-state index is 12.9. The maximum Gasteiger partial charge on any atom is 0.355 e. The zero-order valence-electron chi connectivity index (χ0n) is 21.3. The van der Waals surface area contributed by atoms with Gasteiger partial charge in [0.05, 0.1) is 23.9 Å². The number of nitrogens with one attached hydrogen (secondary N) is 1. The monoisotopic (exact) mass is 570 g/mol. The van der Waals surface area contributed by atoms with Crippen molar-refractivity contribution in [3.05, 3.63) is 124 Å². The van der Waals surface area contributed by atoms with E-state index in [0.717, 1.165) is 15.6 Å². The second kappa shape index (κ2) is 12.5. The molecule has 7 nitrogen and oxygen atoms in total. The van der Waals surface area contributed by atoms with Crippen molar-refractivity contribution in [1.29, 1.82) is 0 Å². The van der Waals surface area contributed by atoms with E-state index in [1.807, 2.05) is 54.6 Å². The number of rotatable bonds is 9. The van der Waals surface area contributed by atoms with E-state index < -0.39 is 11.9 Å². The number of hydrogen-bond acceptors (Lipinski definition) is 7. The fourth-order valence-electron chi connectivity index (χ4n) is 3.88. The number of methoxy groups -OCH3 is 1. The molecule has 5 aromatic rings. The van der Waals surface area contributed by atoms with E-state index in [9.17, 15) is 9.59 Å². The summed E-state index contributed by atoms with van der Waals surface area (Å²) in [6.07, 6.45) is 1.46. The second-order valence-electron chi connectivity index (χ2n) is 8.51. The molecule has 40 heavy (non-hydrogen) atoms.